The van der Waals surface area contributed by atoms with Crippen molar-refractivity contribution in [2.45, 2.75) is 51.2 Å². The number of amides is 3. The molecule has 0 saturated carbocycles. The lowest BCUT2D eigenvalue weighted by Crippen LogP contribution is -2.52. The van der Waals surface area contributed by atoms with Gasteiger partial charge in [-0.25, -0.2) is 4.39 Å². The molecular weight excluding hydrogens is 337 g/mol. The molecule has 2 saturated heterocycles. The van der Waals surface area contributed by atoms with E-state index in [4.69, 9.17) is 1.37 Å². The minimum atomic E-state index is -0.735. The van der Waals surface area contributed by atoms with Gasteiger partial charge in [0, 0.05) is 20.9 Å². The van der Waals surface area contributed by atoms with Gasteiger partial charge in [-0.1, -0.05) is 12.5 Å². The summed E-state index contributed by atoms with van der Waals surface area (Å²) in [5.74, 6) is -1.88. The number of benzene rings is 1. The lowest BCUT2D eigenvalue weighted by Gasteiger charge is -2.29. The zero-order valence-corrected chi connectivity index (χ0v) is 14.5. The van der Waals surface area contributed by atoms with Crippen molar-refractivity contribution in [1.29, 1.82) is 0 Å². The lowest BCUT2D eigenvalue weighted by atomic mass is 10.0. The van der Waals surface area contributed by atoms with Crippen molar-refractivity contribution in [3.63, 3.8) is 0 Å². The Hall–Kier alpha value is -2.28. The molecule has 138 valence electrons. The molecular formula is C19H22FN3O3. The van der Waals surface area contributed by atoms with Crippen LogP contribution in [0.25, 0.3) is 0 Å². The second kappa shape index (κ2) is 6.79. The molecule has 26 heavy (non-hydrogen) atoms. The average Bonchev–Trinajstić information content (AvgIpc) is 2.94. The quantitative estimate of drug-likeness (QED) is 0.831. The fourth-order valence-corrected chi connectivity index (χ4v) is 4.03. The second-order valence-electron chi connectivity index (χ2n) is 7.15. The number of piperidine rings is 2. The van der Waals surface area contributed by atoms with Gasteiger partial charge in [-0.15, -0.1) is 0 Å². The molecule has 3 amide bonds. The fourth-order valence-electron chi connectivity index (χ4n) is 4.03. The first-order chi connectivity index (χ1) is 12.9. The summed E-state index contributed by atoms with van der Waals surface area (Å²) in [5.41, 5.74) is 1.43. The van der Waals surface area contributed by atoms with E-state index < -0.39 is 23.7 Å². The summed E-state index contributed by atoms with van der Waals surface area (Å²) in [6, 6.07) is 2.51. The minimum absolute atomic E-state index is 0.0160. The first kappa shape index (κ1) is 15.9. The summed E-state index contributed by atoms with van der Waals surface area (Å²) in [6.07, 6.45) is 2.05. The molecule has 3 aliphatic heterocycles. The summed E-state index contributed by atoms with van der Waals surface area (Å²) >= 11 is 0. The molecule has 0 radical (unpaired) electrons. The van der Waals surface area contributed by atoms with E-state index in [1.807, 2.05) is 6.07 Å². The van der Waals surface area contributed by atoms with E-state index in [1.165, 1.54) is 11.0 Å². The number of likely N-dealkylation sites (tertiary alicyclic amines) is 1. The molecule has 2 fully saturated rings. The van der Waals surface area contributed by atoms with Gasteiger partial charge in [0.15, 0.2) is 0 Å². The fraction of sp³-hybridized carbons (Fsp3) is 0.526. The summed E-state index contributed by atoms with van der Waals surface area (Å²) in [5, 5.41) is 2.25. The van der Waals surface area contributed by atoms with Gasteiger partial charge in [0.25, 0.3) is 5.91 Å². The topological polar surface area (TPSA) is 69.7 Å². The van der Waals surface area contributed by atoms with Crippen molar-refractivity contribution < 1.29 is 20.1 Å². The molecule has 0 aliphatic carbocycles. The molecule has 0 aromatic heterocycles. The van der Waals surface area contributed by atoms with Crippen molar-refractivity contribution in [3.8, 4) is 0 Å². The number of imide groups is 1. The predicted octanol–water partition coefficient (Wildman–Crippen LogP) is 1.57. The zero-order valence-electron chi connectivity index (χ0n) is 15.5. The van der Waals surface area contributed by atoms with Crippen LogP contribution in [0.2, 0.25) is 0 Å². The maximum absolute atomic E-state index is 14.7. The Morgan fingerprint density at radius 3 is 2.73 bits per heavy atom. The smallest absolute Gasteiger partial charge is 0.258 e. The number of carbonyl (C=O) groups excluding carboxylic acids is 3. The van der Waals surface area contributed by atoms with Crippen LogP contribution in [0.15, 0.2) is 12.1 Å². The second-order valence-corrected chi connectivity index (χ2v) is 7.15. The largest absolute Gasteiger partial charge is 0.322 e. The normalized spacial score (nSPS) is 25.3. The van der Waals surface area contributed by atoms with Gasteiger partial charge >= 0.3 is 0 Å². The summed E-state index contributed by atoms with van der Waals surface area (Å²) in [6.45, 7) is 2.39. The molecule has 4 rings (SSSR count). The van der Waals surface area contributed by atoms with Crippen LogP contribution in [0.5, 0.6) is 0 Å². The van der Waals surface area contributed by atoms with Crippen LogP contribution in [0.1, 0.15) is 54.9 Å². The Morgan fingerprint density at radius 1 is 1.23 bits per heavy atom. The third-order valence-electron chi connectivity index (χ3n) is 5.34. The summed E-state index contributed by atoms with van der Waals surface area (Å²) in [7, 11) is 0. The highest BCUT2D eigenvalue weighted by atomic mass is 19.1. The van der Waals surface area contributed by atoms with E-state index in [1.54, 1.807) is 0 Å². The number of rotatable bonds is 3. The lowest BCUT2D eigenvalue weighted by molar-refractivity contribution is -0.136. The maximum Gasteiger partial charge on any atom is 0.258 e. The first-order valence-electron chi connectivity index (χ1n) is 9.60. The summed E-state index contributed by atoms with van der Waals surface area (Å²) < 4.78 is 22.4. The highest BCUT2D eigenvalue weighted by Gasteiger charge is 2.40. The highest BCUT2D eigenvalue weighted by molar-refractivity contribution is 6.05. The number of fused-ring (bicyclic) bond motifs is 1. The molecule has 3 aliphatic rings. The molecule has 6 nitrogen and oxygen atoms in total. The number of hydrogen-bond acceptors (Lipinski definition) is 4. The van der Waals surface area contributed by atoms with Crippen molar-refractivity contribution >= 4 is 17.7 Å². The third-order valence-corrected chi connectivity index (χ3v) is 5.34. The van der Waals surface area contributed by atoms with E-state index in [2.05, 4.69) is 10.2 Å². The molecule has 3 heterocycles. The molecule has 1 unspecified atom stereocenters. The van der Waals surface area contributed by atoms with Gasteiger partial charge in [-0.3, -0.25) is 24.6 Å². The summed E-state index contributed by atoms with van der Waals surface area (Å²) in [4.78, 5) is 39.7. The Labute approximate surface area is 152 Å². The Kier molecular flexibility index (Phi) is 4.16. The zero-order chi connectivity index (χ0) is 19.1. The molecule has 0 spiro atoms. The van der Waals surface area contributed by atoms with Gasteiger partial charge in [-0.05, 0) is 49.5 Å². The van der Waals surface area contributed by atoms with Gasteiger partial charge in [0.05, 0.1) is 5.56 Å². The van der Waals surface area contributed by atoms with Crippen LogP contribution in [0, 0.1) is 5.82 Å². The number of nitrogens with one attached hydrogen (secondary N) is 1. The predicted molar refractivity (Wildman–Crippen MR) is 91.6 cm³/mol. The highest BCUT2D eigenvalue weighted by Crippen LogP contribution is 2.30. The van der Waals surface area contributed by atoms with Crippen LogP contribution >= 0.6 is 0 Å². The number of halogens is 1. The third kappa shape index (κ3) is 3.11. The van der Waals surface area contributed by atoms with Crippen molar-refractivity contribution in [2.75, 3.05) is 13.1 Å². The van der Waals surface area contributed by atoms with Crippen molar-refractivity contribution in [3.05, 3.63) is 34.6 Å². The van der Waals surface area contributed by atoms with E-state index in [0.29, 0.717) is 12.1 Å². The average molecular weight is 360 g/mol. The van der Waals surface area contributed by atoms with Crippen LogP contribution in [-0.2, 0) is 22.7 Å². The SMILES string of the molecule is [2H]C1CCN(Cc2cc(F)c3c(c2)CN(C2CCC(=O)NC2=O)C3=O)CC1. The minimum Gasteiger partial charge on any atom is -0.322 e. The van der Waals surface area contributed by atoms with Crippen molar-refractivity contribution in [2.24, 2.45) is 0 Å². The molecule has 7 heteroatoms. The van der Waals surface area contributed by atoms with Crippen molar-refractivity contribution in [1.82, 2.24) is 15.1 Å². The van der Waals surface area contributed by atoms with Gasteiger partial charge in [-0.2, -0.15) is 0 Å². The Bertz CT molecular complexity index is 808. The molecule has 1 aromatic carbocycles. The molecule has 1 N–H and O–H groups in total. The van der Waals surface area contributed by atoms with Gasteiger partial charge < -0.3 is 4.90 Å². The number of hydrogen-bond donors (Lipinski definition) is 1. The maximum atomic E-state index is 14.7. The molecule has 1 aromatic rings. The first-order valence-corrected chi connectivity index (χ1v) is 9.03. The van der Waals surface area contributed by atoms with E-state index in [-0.39, 0.29) is 37.3 Å². The number of nitrogens with zero attached hydrogens (tertiary/aromatic N) is 2. The van der Waals surface area contributed by atoms with Gasteiger partial charge in [0.2, 0.25) is 11.8 Å². The van der Waals surface area contributed by atoms with Crippen LogP contribution in [0.4, 0.5) is 4.39 Å². The van der Waals surface area contributed by atoms with E-state index in [9.17, 15) is 18.8 Å². The van der Waals surface area contributed by atoms with E-state index >= 15 is 0 Å². The number of carbonyl (C=O) groups is 3. The molecule has 1 atom stereocenters. The monoisotopic (exact) mass is 360 g/mol. The van der Waals surface area contributed by atoms with Crippen LogP contribution in [-0.4, -0.2) is 46.7 Å². The van der Waals surface area contributed by atoms with Crippen LogP contribution in [0.3, 0.4) is 0 Å². The van der Waals surface area contributed by atoms with Gasteiger partial charge in [0.1, 0.15) is 11.9 Å². The van der Waals surface area contributed by atoms with E-state index in [0.717, 1.165) is 31.5 Å². The standard InChI is InChI=1S/C19H22FN3O3/c20-14-9-12(10-22-6-2-1-3-7-22)8-13-11-23(19(26)17(13)14)15-4-5-16(24)21-18(15)25/h8-9,15H,1-7,10-11H2,(H,21,24,25)/i1D. The molecule has 0 bridgehead atoms. The Morgan fingerprint density at radius 2 is 2.00 bits per heavy atom. The van der Waals surface area contributed by atoms with Crippen LogP contribution < -0.4 is 5.32 Å². The Balaban J connectivity index is 1.52.